The van der Waals surface area contributed by atoms with Gasteiger partial charge in [0.15, 0.2) is 5.78 Å². The Bertz CT molecular complexity index is 540. The first-order valence-corrected chi connectivity index (χ1v) is 7.08. The molecule has 0 N–H and O–H groups in total. The van der Waals surface area contributed by atoms with Crippen molar-refractivity contribution in [3.05, 3.63) is 41.5 Å². The van der Waals surface area contributed by atoms with E-state index in [0.717, 1.165) is 11.8 Å². The van der Waals surface area contributed by atoms with Gasteiger partial charge < -0.3 is 0 Å². The van der Waals surface area contributed by atoms with Crippen molar-refractivity contribution in [3.8, 4) is 0 Å². The molecule has 1 aromatic carbocycles. The number of hydrogen-bond acceptors (Lipinski definition) is 1. The molecule has 1 aromatic rings. The van der Waals surface area contributed by atoms with E-state index in [9.17, 15) is 4.79 Å². The van der Waals surface area contributed by atoms with Gasteiger partial charge in [0, 0.05) is 5.57 Å². The van der Waals surface area contributed by atoms with Crippen LogP contribution >= 0.6 is 0 Å². The number of Topliss-reactive ketones (excluding diaryl/α,β-unsaturated/α-hetero) is 1. The van der Waals surface area contributed by atoms with Crippen LogP contribution in [0.1, 0.15) is 31.7 Å². The molecule has 0 aromatic heterocycles. The smallest absolute Gasteiger partial charge is 0.156 e. The third-order valence-corrected chi connectivity index (χ3v) is 5.34. The van der Waals surface area contributed by atoms with Crippen molar-refractivity contribution >= 4 is 11.4 Å². The Morgan fingerprint density at radius 2 is 1.72 bits per heavy atom. The van der Waals surface area contributed by atoms with E-state index in [1.54, 1.807) is 6.92 Å². The SMILES string of the molecule is CC(=O)C1=C(c2ccccc2)[C@H]2[C@@H]3CC[C@@H](C3)[C@@H]12. The number of rotatable bonds is 2. The lowest BCUT2D eigenvalue weighted by molar-refractivity contribution is -0.114. The molecule has 0 radical (unpaired) electrons. The van der Waals surface area contributed by atoms with E-state index in [0.29, 0.717) is 17.6 Å². The van der Waals surface area contributed by atoms with Gasteiger partial charge in [-0.15, -0.1) is 0 Å². The molecule has 92 valence electrons. The average Bonchev–Trinajstić information content (AvgIpc) is 2.87. The normalized spacial score (nSPS) is 36.5. The van der Waals surface area contributed by atoms with Crippen molar-refractivity contribution in [2.24, 2.45) is 23.7 Å². The molecule has 1 nitrogen and oxygen atoms in total. The Morgan fingerprint density at radius 1 is 1.06 bits per heavy atom. The van der Waals surface area contributed by atoms with E-state index in [2.05, 4.69) is 30.3 Å². The molecule has 18 heavy (non-hydrogen) atoms. The lowest BCUT2D eigenvalue weighted by Crippen LogP contribution is -2.37. The van der Waals surface area contributed by atoms with Gasteiger partial charge in [0.1, 0.15) is 0 Å². The van der Waals surface area contributed by atoms with Gasteiger partial charge in [-0.05, 0) is 61.0 Å². The summed E-state index contributed by atoms with van der Waals surface area (Å²) >= 11 is 0. The van der Waals surface area contributed by atoms with E-state index in [1.807, 2.05) is 0 Å². The Balaban J connectivity index is 1.84. The molecule has 1 heteroatoms. The lowest BCUT2D eigenvalue weighted by atomic mass is 9.59. The number of ketones is 1. The van der Waals surface area contributed by atoms with Gasteiger partial charge >= 0.3 is 0 Å². The maximum absolute atomic E-state index is 12.0. The van der Waals surface area contributed by atoms with Gasteiger partial charge in [-0.1, -0.05) is 30.3 Å². The third kappa shape index (κ3) is 1.20. The molecule has 0 heterocycles. The molecule has 0 amide bonds. The Morgan fingerprint density at radius 3 is 2.39 bits per heavy atom. The van der Waals surface area contributed by atoms with Gasteiger partial charge in [-0.2, -0.15) is 0 Å². The van der Waals surface area contributed by atoms with Crippen LogP contribution in [0.5, 0.6) is 0 Å². The molecule has 0 spiro atoms. The zero-order chi connectivity index (χ0) is 12.3. The van der Waals surface area contributed by atoms with Crippen LogP contribution in [0, 0.1) is 23.7 Å². The summed E-state index contributed by atoms with van der Waals surface area (Å²) in [6, 6.07) is 10.6. The maximum Gasteiger partial charge on any atom is 0.156 e. The van der Waals surface area contributed by atoms with Gasteiger partial charge in [-0.25, -0.2) is 0 Å². The predicted octanol–water partition coefficient (Wildman–Crippen LogP) is 3.71. The van der Waals surface area contributed by atoms with Crippen molar-refractivity contribution in [2.75, 3.05) is 0 Å². The third-order valence-electron chi connectivity index (χ3n) is 5.34. The monoisotopic (exact) mass is 238 g/mol. The minimum atomic E-state index is 0.308. The average molecular weight is 238 g/mol. The molecule has 0 saturated heterocycles. The van der Waals surface area contributed by atoms with Crippen LogP contribution in [0.25, 0.3) is 5.57 Å². The zero-order valence-electron chi connectivity index (χ0n) is 10.7. The molecular formula is C17H18O. The predicted molar refractivity (Wildman–Crippen MR) is 71.9 cm³/mol. The van der Waals surface area contributed by atoms with Gasteiger partial charge in [0.2, 0.25) is 0 Å². The fraction of sp³-hybridized carbons (Fsp3) is 0.471. The molecule has 0 unspecified atom stereocenters. The second-order valence-electron chi connectivity index (χ2n) is 6.13. The zero-order valence-corrected chi connectivity index (χ0v) is 10.7. The molecule has 2 fully saturated rings. The number of carbonyl (C=O) groups is 1. The summed E-state index contributed by atoms with van der Waals surface area (Å²) in [5.74, 6) is 3.29. The number of hydrogen-bond donors (Lipinski definition) is 0. The van der Waals surface area contributed by atoms with Gasteiger partial charge in [-0.3, -0.25) is 4.79 Å². The van der Waals surface area contributed by atoms with Crippen molar-refractivity contribution in [3.63, 3.8) is 0 Å². The molecule has 2 saturated carbocycles. The van der Waals surface area contributed by atoms with E-state index in [4.69, 9.17) is 0 Å². The number of benzene rings is 1. The van der Waals surface area contributed by atoms with Crippen LogP contribution in [-0.4, -0.2) is 5.78 Å². The summed E-state index contributed by atoms with van der Waals surface area (Å²) in [4.78, 5) is 12.0. The van der Waals surface area contributed by atoms with Crippen molar-refractivity contribution in [2.45, 2.75) is 26.2 Å². The first-order valence-electron chi connectivity index (χ1n) is 7.08. The first kappa shape index (κ1) is 10.5. The molecule has 3 aliphatic carbocycles. The highest BCUT2D eigenvalue weighted by atomic mass is 16.1. The summed E-state index contributed by atoms with van der Waals surface area (Å²) in [6.07, 6.45) is 4.10. The summed E-state index contributed by atoms with van der Waals surface area (Å²) in [6.45, 7) is 1.75. The summed E-state index contributed by atoms with van der Waals surface area (Å²) in [5, 5.41) is 0. The molecular weight excluding hydrogens is 220 g/mol. The highest BCUT2D eigenvalue weighted by molar-refractivity contribution is 6.06. The fourth-order valence-corrected chi connectivity index (χ4v) is 4.77. The van der Waals surface area contributed by atoms with Crippen LogP contribution < -0.4 is 0 Å². The van der Waals surface area contributed by atoms with Crippen LogP contribution in [0.15, 0.2) is 35.9 Å². The number of carbonyl (C=O) groups excluding carboxylic acids is 1. The van der Waals surface area contributed by atoms with Crippen molar-refractivity contribution < 1.29 is 4.79 Å². The Hall–Kier alpha value is -1.37. The lowest BCUT2D eigenvalue weighted by Gasteiger charge is -2.44. The minimum Gasteiger partial charge on any atom is -0.295 e. The fourth-order valence-electron chi connectivity index (χ4n) is 4.77. The quantitative estimate of drug-likeness (QED) is 0.767. The van der Waals surface area contributed by atoms with Crippen LogP contribution in [0.4, 0.5) is 0 Å². The highest BCUT2D eigenvalue weighted by Crippen LogP contribution is 2.66. The van der Waals surface area contributed by atoms with Crippen molar-refractivity contribution in [1.82, 2.24) is 0 Å². The van der Waals surface area contributed by atoms with Gasteiger partial charge in [0.05, 0.1) is 0 Å². The van der Waals surface area contributed by atoms with E-state index in [-0.39, 0.29) is 0 Å². The van der Waals surface area contributed by atoms with Crippen LogP contribution in [0.2, 0.25) is 0 Å². The number of allylic oxidation sites excluding steroid dienone is 2. The minimum absolute atomic E-state index is 0.308. The number of fused-ring (bicyclic) bond motifs is 5. The second kappa shape index (κ2) is 3.57. The van der Waals surface area contributed by atoms with Crippen LogP contribution in [0.3, 0.4) is 0 Å². The maximum atomic E-state index is 12.0. The van der Waals surface area contributed by atoms with E-state index >= 15 is 0 Å². The summed E-state index contributed by atoms with van der Waals surface area (Å²) in [5.41, 5.74) is 3.84. The van der Waals surface area contributed by atoms with Gasteiger partial charge in [0.25, 0.3) is 0 Å². The largest absolute Gasteiger partial charge is 0.295 e. The first-order chi connectivity index (χ1) is 8.77. The molecule has 4 rings (SSSR count). The second-order valence-corrected chi connectivity index (χ2v) is 6.13. The van der Waals surface area contributed by atoms with E-state index < -0.39 is 0 Å². The molecule has 0 aliphatic heterocycles. The summed E-state index contributed by atoms with van der Waals surface area (Å²) in [7, 11) is 0. The Labute approximate surface area is 108 Å². The highest BCUT2D eigenvalue weighted by Gasteiger charge is 2.57. The van der Waals surface area contributed by atoms with Crippen molar-refractivity contribution in [1.29, 1.82) is 0 Å². The van der Waals surface area contributed by atoms with Crippen LogP contribution in [-0.2, 0) is 4.79 Å². The summed E-state index contributed by atoms with van der Waals surface area (Å²) < 4.78 is 0. The molecule has 4 atom stereocenters. The standard InChI is InChI=1S/C17H18O/c1-10(18)14-15(11-5-3-2-4-6-11)17-13-8-7-12(9-13)16(14)17/h2-6,12-13,16-17H,7-9H2,1H3/t12-,13+,16-,17+/m0/s1. The molecule has 2 bridgehead atoms. The van der Waals surface area contributed by atoms with E-state index in [1.165, 1.54) is 36.0 Å². The Kier molecular flexibility index (Phi) is 2.09. The molecule has 3 aliphatic rings. The topological polar surface area (TPSA) is 17.1 Å².